The van der Waals surface area contributed by atoms with Gasteiger partial charge < -0.3 is 15.1 Å². The fourth-order valence-electron chi connectivity index (χ4n) is 3.02. The fraction of sp³-hybridized carbons (Fsp3) is 0.750. The van der Waals surface area contributed by atoms with Crippen molar-refractivity contribution in [2.45, 2.75) is 54.4 Å². The zero-order valence-electron chi connectivity index (χ0n) is 18.2. The molecule has 0 saturated heterocycles. The molecule has 154 valence electrons. The summed E-state index contributed by atoms with van der Waals surface area (Å²) in [5.41, 5.74) is 1.11. The number of carbonyl (C=O) groups is 2. The van der Waals surface area contributed by atoms with Crippen molar-refractivity contribution in [2.24, 2.45) is 11.3 Å². The predicted molar refractivity (Wildman–Crippen MR) is 113 cm³/mol. The van der Waals surface area contributed by atoms with E-state index in [0.29, 0.717) is 18.1 Å². The van der Waals surface area contributed by atoms with Crippen LogP contribution < -0.4 is 5.32 Å². The maximum absolute atomic E-state index is 12.8. The maximum Gasteiger partial charge on any atom is 0.245 e. The summed E-state index contributed by atoms with van der Waals surface area (Å²) in [5, 5.41) is 3.42. The first-order chi connectivity index (χ1) is 12.4. The van der Waals surface area contributed by atoms with Crippen LogP contribution in [0, 0.1) is 25.2 Å². The van der Waals surface area contributed by atoms with Crippen LogP contribution in [0.1, 0.15) is 51.1 Å². The van der Waals surface area contributed by atoms with Crippen LogP contribution in [0.2, 0.25) is 0 Å². The van der Waals surface area contributed by atoms with E-state index in [4.69, 9.17) is 0 Å². The normalized spacial score (nSPS) is 12.9. The molecule has 7 heteroatoms. The molecule has 6 nitrogen and oxygen atoms in total. The number of rotatable bonds is 9. The van der Waals surface area contributed by atoms with Gasteiger partial charge in [-0.15, -0.1) is 11.3 Å². The van der Waals surface area contributed by atoms with Crippen LogP contribution in [-0.4, -0.2) is 60.3 Å². The fourth-order valence-corrected chi connectivity index (χ4v) is 3.85. The second kappa shape index (κ2) is 10.2. The summed E-state index contributed by atoms with van der Waals surface area (Å²) in [6.45, 7) is 13.9. The van der Waals surface area contributed by atoms with Crippen LogP contribution in [0.5, 0.6) is 0 Å². The number of thiazole rings is 1. The molecule has 0 spiro atoms. The van der Waals surface area contributed by atoms with Crippen LogP contribution in [0.3, 0.4) is 0 Å². The maximum atomic E-state index is 12.8. The number of nitrogens with zero attached hydrogens (tertiary/aromatic N) is 3. The third-order valence-corrected chi connectivity index (χ3v) is 5.25. The van der Waals surface area contributed by atoms with E-state index < -0.39 is 0 Å². The van der Waals surface area contributed by atoms with E-state index in [1.807, 2.05) is 32.8 Å². The lowest BCUT2D eigenvalue weighted by Gasteiger charge is -2.27. The first kappa shape index (κ1) is 23.6. The van der Waals surface area contributed by atoms with Gasteiger partial charge in [-0.1, -0.05) is 27.7 Å². The zero-order chi connectivity index (χ0) is 20.8. The molecule has 0 fully saturated rings. The van der Waals surface area contributed by atoms with Crippen molar-refractivity contribution in [1.29, 1.82) is 0 Å². The molecular formula is C20H36N4O2S. The number of likely N-dealkylation sites (N-methyl/N-ethyl adjacent to an activating group) is 1. The number of hydrogen-bond donors (Lipinski definition) is 1. The van der Waals surface area contributed by atoms with E-state index in [0.717, 1.165) is 23.5 Å². The summed E-state index contributed by atoms with van der Waals surface area (Å²) >= 11 is 1.46. The lowest BCUT2D eigenvalue weighted by atomic mass is 9.84. The first-order valence-electron chi connectivity index (χ1n) is 9.53. The molecule has 1 rings (SSSR count). The summed E-state index contributed by atoms with van der Waals surface area (Å²) in [6.07, 6.45) is 1.44. The number of aromatic nitrogens is 1. The van der Waals surface area contributed by atoms with Crippen molar-refractivity contribution in [3.05, 3.63) is 10.6 Å². The molecule has 0 bridgehead atoms. The monoisotopic (exact) mass is 396 g/mol. The Balaban J connectivity index is 2.71. The minimum Gasteiger partial charge on any atom is -0.332 e. The van der Waals surface area contributed by atoms with Gasteiger partial charge in [-0.25, -0.2) is 4.98 Å². The Bertz CT molecular complexity index is 615. The minimum absolute atomic E-state index is 0.0373. The van der Waals surface area contributed by atoms with E-state index >= 15 is 0 Å². The molecule has 0 aliphatic heterocycles. The highest BCUT2D eigenvalue weighted by Crippen LogP contribution is 2.26. The quantitative estimate of drug-likeness (QED) is 0.693. The number of anilines is 1. The van der Waals surface area contributed by atoms with Gasteiger partial charge in [-0.05, 0) is 45.7 Å². The second-order valence-electron chi connectivity index (χ2n) is 8.90. The highest BCUT2D eigenvalue weighted by Gasteiger charge is 2.23. The zero-order valence-corrected chi connectivity index (χ0v) is 19.0. The highest BCUT2D eigenvalue weighted by molar-refractivity contribution is 7.15. The molecule has 1 aromatic heterocycles. The van der Waals surface area contributed by atoms with Gasteiger partial charge in [0.2, 0.25) is 11.8 Å². The van der Waals surface area contributed by atoms with Gasteiger partial charge in [0, 0.05) is 24.4 Å². The van der Waals surface area contributed by atoms with Crippen LogP contribution in [0.25, 0.3) is 0 Å². The number of amides is 2. The highest BCUT2D eigenvalue weighted by atomic mass is 32.1. The van der Waals surface area contributed by atoms with Crippen LogP contribution in [0.4, 0.5) is 5.13 Å². The Morgan fingerprint density at radius 1 is 1.19 bits per heavy atom. The van der Waals surface area contributed by atoms with E-state index in [-0.39, 0.29) is 29.7 Å². The van der Waals surface area contributed by atoms with E-state index in [9.17, 15) is 9.59 Å². The van der Waals surface area contributed by atoms with Crippen molar-refractivity contribution < 1.29 is 9.59 Å². The molecule has 27 heavy (non-hydrogen) atoms. The SMILES string of the molecule is Cc1nc(NC(=O)CN(CCN(C)C)C(=O)C[C@@H](C)CC(C)(C)C)sc1C. The van der Waals surface area contributed by atoms with Gasteiger partial charge in [-0.2, -0.15) is 0 Å². The predicted octanol–water partition coefficient (Wildman–Crippen LogP) is 3.55. The Morgan fingerprint density at radius 2 is 1.81 bits per heavy atom. The van der Waals surface area contributed by atoms with Gasteiger partial charge >= 0.3 is 0 Å². The number of carbonyl (C=O) groups excluding carboxylic acids is 2. The van der Waals surface area contributed by atoms with Crippen LogP contribution >= 0.6 is 11.3 Å². The third kappa shape index (κ3) is 9.33. The molecule has 0 unspecified atom stereocenters. The summed E-state index contributed by atoms with van der Waals surface area (Å²) in [6, 6.07) is 0. The molecule has 0 saturated carbocycles. The Hall–Kier alpha value is -1.47. The van der Waals surface area contributed by atoms with Gasteiger partial charge in [0.15, 0.2) is 5.13 Å². The summed E-state index contributed by atoms with van der Waals surface area (Å²) < 4.78 is 0. The summed E-state index contributed by atoms with van der Waals surface area (Å²) in [7, 11) is 3.93. The van der Waals surface area contributed by atoms with E-state index in [1.165, 1.54) is 11.3 Å². The van der Waals surface area contributed by atoms with Gasteiger partial charge in [-0.3, -0.25) is 9.59 Å². The van der Waals surface area contributed by atoms with Gasteiger partial charge in [0.1, 0.15) is 0 Å². The number of hydrogen-bond acceptors (Lipinski definition) is 5. The largest absolute Gasteiger partial charge is 0.332 e. The molecule has 1 N–H and O–H groups in total. The van der Waals surface area contributed by atoms with Crippen molar-refractivity contribution in [2.75, 3.05) is 39.0 Å². The average molecular weight is 397 g/mol. The van der Waals surface area contributed by atoms with Crippen LogP contribution in [0.15, 0.2) is 0 Å². The van der Waals surface area contributed by atoms with Gasteiger partial charge in [0.05, 0.1) is 12.2 Å². The summed E-state index contributed by atoms with van der Waals surface area (Å²) in [4.78, 5) is 34.4. The molecule has 1 atom stereocenters. The molecule has 0 aliphatic carbocycles. The minimum atomic E-state index is -0.195. The first-order valence-corrected chi connectivity index (χ1v) is 10.4. The summed E-state index contributed by atoms with van der Waals surface area (Å²) in [5.74, 6) is 0.126. The topological polar surface area (TPSA) is 65.5 Å². The van der Waals surface area contributed by atoms with Crippen molar-refractivity contribution >= 4 is 28.3 Å². The van der Waals surface area contributed by atoms with Crippen molar-refractivity contribution in [3.63, 3.8) is 0 Å². The van der Waals surface area contributed by atoms with E-state index in [1.54, 1.807) is 4.90 Å². The molecule has 0 aromatic carbocycles. The lowest BCUT2D eigenvalue weighted by molar-refractivity contribution is -0.135. The Morgan fingerprint density at radius 3 is 2.30 bits per heavy atom. The molecule has 1 heterocycles. The molecule has 2 amide bonds. The molecule has 0 aliphatic rings. The molecule has 1 aromatic rings. The second-order valence-corrected chi connectivity index (χ2v) is 10.1. The Kier molecular flexibility index (Phi) is 8.88. The smallest absolute Gasteiger partial charge is 0.245 e. The third-order valence-electron chi connectivity index (χ3n) is 4.26. The van der Waals surface area contributed by atoms with Crippen molar-refractivity contribution in [1.82, 2.24) is 14.8 Å². The number of nitrogens with one attached hydrogen (secondary N) is 1. The van der Waals surface area contributed by atoms with Gasteiger partial charge in [0.25, 0.3) is 0 Å². The molecular weight excluding hydrogens is 360 g/mol. The lowest BCUT2D eigenvalue weighted by Crippen LogP contribution is -2.42. The standard InChI is InChI=1S/C20H36N4O2S/c1-14(12-20(4,5)6)11-18(26)24(10-9-23(7)8)13-17(25)22-19-21-15(2)16(3)27-19/h14H,9-13H2,1-8H3,(H,21,22,25)/t14-/m1/s1. The average Bonchev–Trinajstić information content (AvgIpc) is 2.78. The number of aryl methyl sites for hydroxylation is 2. The van der Waals surface area contributed by atoms with Crippen molar-refractivity contribution in [3.8, 4) is 0 Å². The van der Waals surface area contributed by atoms with E-state index in [2.05, 4.69) is 38.0 Å². The molecule has 0 radical (unpaired) electrons. The Labute approximate surface area is 168 Å². The van der Waals surface area contributed by atoms with Crippen LogP contribution in [-0.2, 0) is 9.59 Å².